The summed E-state index contributed by atoms with van der Waals surface area (Å²) < 4.78 is 33.7. The summed E-state index contributed by atoms with van der Waals surface area (Å²) in [7, 11) is -3.30. The minimum atomic E-state index is -3.30. The second kappa shape index (κ2) is 8.72. The van der Waals surface area contributed by atoms with Crippen LogP contribution in [0, 0.1) is 0 Å². The number of thiazole rings is 1. The lowest BCUT2D eigenvalue weighted by Crippen LogP contribution is -2.06. The Morgan fingerprint density at radius 3 is 2.39 bits per heavy atom. The molecule has 1 aromatic heterocycles. The Morgan fingerprint density at radius 1 is 1.07 bits per heavy atom. The molecule has 0 atom stereocenters. The van der Waals surface area contributed by atoms with E-state index in [-0.39, 0.29) is 17.1 Å². The van der Waals surface area contributed by atoms with Gasteiger partial charge in [0.1, 0.15) is 24.0 Å². The third kappa shape index (κ3) is 5.54. The summed E-state index contributed by atoms with van der Waals surface area (Å²) >= 11 is 7.23. The SMILES string of the molecule is CS(=O)(=O)c1ccc(C(=O)OCc2csc(COc3ccc(Cl)cc3)n2)cc1. The number of rotatable bonds is 7. The first-order chi connectivity index (χ1) is 13.3. The lowest BCUT2D eigenvalue weighted by molar-refractivity contribution is 0.0468. The summed E-state index contributed by atoms with van der Waals surface area (Å²) in [6, 6.07) is 12.6. The van der Waals surface area contributed by atoms with E-state index in [9.17, 15) is 13.2 Å². The zero-order valence-corrected chi connectivity index (χ0v) is 17.2. The van der Waals surface area contributed by atoms with Crippen molar-refractivity contribution in [3.05, 3.63) is 75.2 Å². The normalized spacial score (nSPS) is 11.2. The van der Waals surface area contributed by atoms with Crippen LogP contribution in [0.2, 0.25) is 5.02 Å². The van der Waals surface area contributed by atoms with Crippen LogP contribution in [0.1, 0.15) is 21.1 Å². The van der Waals surface area contributed by atoms with Crippen molar-refractivity contribution in [3.63, 3.8) is 0 Å². The van der Waals surface area contributed by atoms with Crippen LogP contribution < -0.4 is 4.74 Å². The molecule has 146 valence electrons. The van der Waals surface area contributed by atoms with Gasteiger partial charge in [-0.05, 0) is 48.5 Å². The Labute approximate surface area is 171 Å². The molecule has 0 bridgehead atoms. The minimum Gasteiger partial charge on any atom is -0.486 e. The monoisotopic (exact) mass is 437 g/mol. The number of ether oxygens (including phenoxy) is 2. The zero-order chi connectivity index (χ0) is 20.1. The first-order valence-electron chi connectivity index (χ1n) is 8.10. The molecule has 28 heavy (non-hydrogen) atoms. The highest BCUT2D eigenvalue weighted by Gasteiger charge is 2.12. The van der Waals surface area contributed by atoms with E-state index in [0.717, 1.165) is 11.3 Å². The molecule has 6 nitrogen and oxygen atoms in total. The summed E-state index contributed by atoms with van der Waals surface area (Å²) in [5.41, 5.74) is 0.884. The molecule has 0 radical (unpaired) electrons. The first-order valence-corrected chi connectivity index (χ1v) is 11.2. The number of nitrogens with zero attached hydrogens (tertiary/aromatic N) is 1. The first kappa shape index (κ1) is 20.3. The quantitative estimate of drug-likeness (QED) is 0.517. The van der Waals surface area contributed by atoms with Crippen molar-refractivity contribution in [2.24, 2.45) is 0 Å². The number of hydrogen-bond acceptors (Lipinski definition) is 7. The van der Waals surface area contributed by atoms with Crippen LogP contribution in [-0.4, -0.2) is 25.6 Å². The second-order valence-corrected chi connectivity index (χ2v) is 9.24. The Morgan fingerprint density at radius 2 is 1.75 bits per heavy atom. The average Bonchev–Trinajstić information content (AvgIpc) is 3.13. The van der Waals surface area contributed by atoms with E-state index >= 15 is 0 Å². The molecule has 0 amide bonds. The molecule has 0 aliphatic rings. The molecule has 0 fully saturated rings. The van der Waals surface area contributed by atoms with Crippen molar-refractivity contribution in [2.45, 2.75) is 18.1 Å². The van der Waals surface area contributed by atoms with Gasteiger partial charge in [-0.25, -0.2) is 18.2 Å². The lowest BCUT2D eigenvalue weighted by Gasteiger charge is -2.04. The molecule has 0 aliphatic heterocycles. The van der Waals surface area contributed by atoms with E-state index < -0.39 is 15.8 Å². The Balaban J connectivity index is 1.52. The molecule has 2 aromatic carbocycles. The number of esters is 1. The summed E-state index contributed by atoms with van der Waals surface area (Å²) in [5, 5.41) is 3.18. The summed E-state index contributed by atoms with van der Waals surface area (Å²) in [6.45, 7) is 0.317. The van der Waals surface area contributed by atoms with E-state index in [0.29, 0.717) is 23.1 Å². The zero-order valence-electron chi connectivity index (χ0n) is 14.8. The van der Waals surface area contributed by atoms with E-state index in [2.05, 4.69) is 4.98 Å². The van der Waals surface area contributed by atoms with Gasteiger partial charge in [0, 0.05) is 16.7 Å². The highest BCUT2D eigenvalue weighted by atomic mass is 35.5. The van der Waals surface area contributed by atoms with Crippen LogP contribution in [0.3, 0.4) is 0 Å². The molecule has 3 rings (SSSR count). The summed E-state index contributed by atoms with van der Waals surface area (Å²) in [6.07, 6.45) is 1.11. The predicted molar refractivity (Wildman–Crippen MR) is 107 cm³/mol. The van der Waals surface area contributed by atoms with E-state index in [4.69, 9.17) is 21.1 Å². The Kier molecular flexibility index (Phi) is 6.33. The molecule has 0 N–H and O–H groups in total. The van der Waals surface area contributed by atoms with Crippen LogP contribution in [0.4, 0.5) is 0 Å². The van der Waals surface area contributed by atoms with Crippen molar-refractivity contribution in [1.82, 2.24) is 4.98 Å². The average molecular weight is 438 g/mol. The second-order valence-electron chi connectivity index (χ2n) is 5.85. The van der Waals surface area contributed by atoms with Crippen LogP contribution in [0.25, 0.3) is 0 Å². The maximum Gasteiger partial charge on any atom is 0.338 e. The lowest BCUT2D eigenvalue weighted by atomic mass is 10.2. The maximum absolute atomic E-state index is 12.1. The van der Waals surface area contributed by atoms with Gasteiger partial charge in [-0.2, -0.15) is 0 Å². The van der Waals surface area contributed by atoms with Crippen molar-refractivity contribution in [2.75, 3.05) is 6.26 Å². The summed E-state index contributed by atoms with van der Waals surface area (Å²) in [5.74, 6) is 0.136. The fourth-order valence-corrected chi connectivity index (χ4v) is 3.66. The maximum atomic E-state index is 12.1. The van der Waals surface area contributed by atoms with Gasteiger partial charge in [-0.3, -0.25) is 0 Å². The van der Waals surface area contributed by atoms with Gasteiger partial charge in [0.25, 0.3) is 0 Å². The number of carbonyl (C=O) groups excluding carboxylic acids is 1. The van der Waals surface area contributed by atoms with E-state index in [1.807, 2.05) is 0 Å². The molecule has 3 aromatic rings. The Bertz CT molecular complexity index is 1060. The van der Waals surface area contributed by atoms with Crippen molar-refractivity contribution in [3.8, 4) is 5.75 Å². The van der Waals surface area contributed by atoms with Gasteiger partial charge in [-0.15, -0.1) is 11.3 Å². The molecule has 0 saturated carbocycles. The molecule has 1 heterocycles. The molecular weight excluding hydrogens is 422 g/mol. The summed E-state index contributed by atoms with van der Waals surface area (Å²) in [4.78, 5) is 16.6. The van der Waals surface area contributed by atoms with Gasteiger partial charge < -0.3 is 9.47 Å². The number of benzene rings is 2. The number of halogens is 1. The number of hydrogen-bond donors (Lipinski definition) is 0. The van der Waals surface area contributed by atoms with Crippen molar-refractivity contribution in [1.29, 1.82) is 0 Å². The fraction of sp³-hybridized carbons (Fsp3) is 0.158. The third-order valence-corrected chi connectivity index (χ3v) is 5.90. The topological polar surface area (TPSA) is 82.6 Å². The smallest absolute Gasteiger partial charge is 0.338 e. The number of aromatic nitrogens is 1. The van der Waals surface area contributed by atoms with Gasteiger partial charge >= 0.3 is 5.97 Å². The molecule has 0 saturated heterocycles. The highest BCUT2D eigenvalue weighted by molar-refractivity contribution is 7.90. The number of sulfone groups is 1. The van der Waals surface area contributed by atoms with Gasteiger partial charge in [-0.1, -0.05) is 11.6 Å². The van der Waals surface area contributed by atoms with Crippen LogP contribution >= 0.6 is 22.9 Å². The molecule has 9 heteroatoms. The van der Waals surface area contributed by atoms with Crippen molar-refractivity contribution < 1.29 is 22.7 Å². The Hall–Kier alpha value is -2.42. The minimum absolute atomic E-state index is 0.0180. The third-order valence-electron chi connectivity index (χ3n) is 3.64. The van der Waals surface area contributed by atoms with Crippen LogP contribution in [0.5, 0.6) is 5.75 Å². The number of carbonyl (C=O) groups is 1. The van der Waals surface area contributed by atoms with Gasteiger partial charge in [0.2, 0.25) is 0 Å². The fourth-order valence-electron chi connectivity index (χ4n) is 2.22. The molecule has 0 aliphatic carbocycles. The standard InChI is InChI=1S/C19H16ClNO5S2/c1-28(23,24)17-8-2-13(3-9-17)19(22)26-10-15-12-27-18(21-15)11-25-16-6-4-14(20)5-7-16/h2-9,12H,10-11H2,1H3. The highest BCUT2D eigenvalue weighted by Crippen LogP contribution is 2.19. The van der Waals surface area contributed by atoms with Crippen LogP contribution in [-0.2, 0) is 27.8 Å². The molecule has 0 spiro atoms. The van der Waals surface area contributed by atoms with Crippen molar-refractivity contribution >= 4 is 38.7 Å². The van der Waals surface area contributed by atoms with Gasteiger partial charge in [0.15, 0.2) is 9.84 Å². The molecule has 0 unspecified atom stereocenters. The predicted octanol–water partition coefficient (Wildman–Crippen LogP) is 4.14. The van der Waals surface area contributed by atoms with E-state index in [1.165, 1.54) is 35.6 Å². The molecular formula is C19H16ClNO5S2. The van der Waals surface area contributed by atoms with Crippen LogP contribution in [0.15, 0.2) is 58.8 Å². The van der Waals surface area contributed by atoms with Gasteiger partial charge in [0.05, 0.1) is 16.2 Å². The largest absolute Gasteiger partial charge is 0.486 e. The van der Waals surface area contributed by atoms with E-state index in [1.54, 1.807) is 29.6 Å².